The normalized spacial score (nSPS) is 27.6. The fourth-order valence-electron chi connectivity index (χ4n) is 1.05. The van der Waals surface area contributed by atoms with Crippen molar-refractivity contribution in [2.24, 2.45) is 5.11 Å². The first-order valence-electron chi connectivity index (χ1n) is 3.75. The molecule has 0 N–H and O–H groups in total. The number of halogens is 2. The van der Waals surface area contributed by atoms with Gasteiger partial charge in [-0.2, -0.15) is 0 Å². The van der Waals surface area contributed by atoms with Crippen LogP contribution in [0.25, 0.3) is 10.4 Å². The zero-order valence-electron chi connectivity index (χ0n) is 6.77. The molecule has 0 amide bonds. The summed E-state index contributed by atoms with van der Waals surface area (Å²) in [5.74, 6) is 0. The Balaban J connectivity index is 2.35. The van der Waals surface area contributed by atoms with Crippen LogP contribution in [0.2, 0.25) is 0 Å². The maximum absolute atomic E-state index is 11.7. The summed E-state index contributed by atoms with van der Waals surface area (Å²) in [6.07, 6.45) is -3.04. The van der Waals surface area contributed by atoms with E-state index in [1.165, 1.54) is 0 Å². The van der Waals surface area contributed by atoms with Crippen molar-refractivity contribution in [2.45, 2.75) is 18.6 Å². The topological polar surface area (TPSA) is 67.2 Å². The predicted molar refractivity (Wildman–Crippen MR) is 39.5 cm³/mol. The maximum Gasteiger partial charge on any atom is 0.261 e. The molecule has 1 aliphatic heterocycles. The highest BCUT2D eigenvalue weighted by molar-refractivity contribution is 4.82. The highest BCUT2D eigenvalue weighted by Gasteiger charge is 2.28. The lowest BCUT2D eigenvalue weighted by Gasteiger charge is -2.13. The number of hydrogen-bond acceptors (Lipinski definition) is 3. The summed E-state index contributed by atoms with van der Waals surface area (Å²) in [6.45, 7) is -0.208. The third-order valence-corrected chi connectivity index (χ3v) is 1.64. The molecule has 0 aromatic rings. The van der Waals surface area contributed by atoms with E-state index in [0.29, 0.717) is 0 Å². The summed E-state index contributed by atoms with van der Waals surface area (Å²) in [6, 6.07) is -0.483. The van der Waals surface area contributed by atoms with Crippen molar-refractivity contribution in [3.8, 4) is 0 Å². The van der Waals surface area contributed by atoms with Crippen LogP contribution in [-0.4, -0.2) is 38.4 Å². The molecule has 0 bridgehead atoms. The van der Waals surface area contributed by atoms with Crippen molar-refractivity contribution in [2.75, 3.05) is 19.8 Å². The molecule has 0 saturated carbocycles. The van der Waals surface area contributed by atoms with Gasteiger partial charge in [0.2, 0.25) is 0 Å². The van der Waals surface area contributed by atoms with Crippen molar-refractivity contribution in [1.29, 1.82) is 0 Å². The highest BCUT2D eigenvalue weighted by Crippen LogP contribution is 2.14. The lowest BCUT2D eigenvalue weighted by molar-refractivity contribution is -0.0294. The van der Waals surface area contributed by atoms with Crippen LogP contribution in [0.1, 0.15) is 0 Å². The van der Waals surface area contributed by atoms with Gasteiger partial charge in [-0.1, -0.05) is 5.11 Å². The Kier molecular flexibility index (Phi) is 3.88. The number of nitrogens with zero attached hydrogens (tertiary/aromatic N) is 3. The van der Waals surface area contributed by atoms with Gasteiger partial charge < -0.3 is 9.47 Å². The molecule has 0 aliphatic carbocycles. The molecule has 0 spiro atoms. The maximum atomic E-state index is 11.7. The van der Waals surface area contributed by atoms with Crippen molar-refractivity contribution in [3.05, 3.63) is 10.4 Å². The average Bonchev–Trinajstić information content (AvgIpc) is 2.49. The Morgan fingerprint density at radius 3 is 3.00 bits per heavy atom. The van der Waals surface area contributed by atoms with Crippen LogP contribution in [-0.2, 0) is 9.47 Å². The van der Waals surface area contributed by atoms with E-state index in [2.05, 4.69) is 10.0 Å². The van der Waals surface area contributed by atoms with E-state index in [0.717, 1.165) is 0 Å². The molecule has 1 aliphatic rings. The van der Waals surface area contributed by atoms with E-state index in [1.807, 2.05) is 0 Å². The number of ether oxygens (including phenoxy) is 2. The molecular formula is C6H9F2N3O2. The number of azide groups is 1. The molecule has 1 saturated heterocycles. The molecule has 5 nitrogen and oxygen atoms in total. The van der Waals surface area contributed by atoms with Crippen LogP contribution in [0.3, 0.4) is 0 Å². The fourth-order valence-corrected chi connectivity index (χ4v) is 1.05. The Bertz CT molecular complexity index is 208. The largest absolute Gasteiger partial charge is 0.378 e. The molecule has 1 fully saturated rings. The third kappa shape index (κ3) is 3.14. The van der Waals surface area contributed by atoms with Crippen molar-refractivity contribution in [1.82, 2.24) is 0 Å². The first-order valence-corrected chi connectivity index (χ1v) is 3.75. The van der Waals surface area contributed by atoms with Crippen LogP contribution in [0.15, 0.2) is 5.11 Å². The van der Waals surface area contributed by atoms with Crippen LogP contribution in [0, 0.1) is 0 Å². The minimum absolute atomic E-state index is 0.205. The lowest BCUT2D eigenvalue weighted by atomic mass is 10.2. The molecule has 0 aromatic carbocycles. The Morgan fingerprint density at radius 1 is 1.62 bits per heavy atom. The Morgan fingerprint density at radius 2 is 2.38 bits per heavy atom. The molecule has 0 aromatic heterocycles. The van der Waals surface area contributed by atoms with E-state index in [9.17, 15) is 8.78 Å². The van der Waals surface area contributed by atoms with Crippen LogP contribution in [0.4, 0.5) is 8.78 Å². The van der Waals surface area contributed by atoms with E-state index in [1.54, 1.807) is 0 Å². The van der Waals surface area contributed by atoms with E-state index < -0.39 is 25.2 Å². The quantitative estimate of drug-likeness (QED) is 0.384. The number of hydrogen-bond donors (Lipinski definition) is 0. The molecule has 1 rings (SSSR count). The minimum atomic E-state index is -2.51. The first-order chi connectivity index (χ1) is 6.24. The van der Waals surface area contributed by atoms with E-state index in [4.69, 9.17) is 15.0 Å². The molecule has 0 unspecified atom stereocenters. The second-order valence-electron chi connectivity index (χ2n) is 2.57. The molecule has 13 heavy (non-hydrogen) atoms. The van der Waals surface area contributed by atoms with Gasteiger partial charge in [0.25, 0.3) is 6.43 Å². The molecule has 74 valence electrons. The molecule has 2 atom stereocenters. The second-order valence-corrected chi connectivity index (χ2v) is 2.57. The van der Waals surface area contributed by atoms with Gasteiger partial charge in [-0.15, -0.1) is 0 Å². The van der Waals surface area contributed by atoms with Gasteiger partial charge >= 0.3 is 0 Å². The van der Waals surface area contributed by atoms with Crippen LogP contribution in [0.5, 0.6) is 0 Å². The third-order valence-electron chi connectivity index (χ3n) is 1.64. The van der Waals surface area contributed by atoms with E-state index >= 15 is 0 Å². The number of rotatable bonds is 4. The zero-order valence-corrected chi connectivity index (χ0v) is 6.77. The lowest BCUT2D eigenvalue weighted by Crippen LogP contribution is -2.27. The fraction of sp³-hybridized carbons (Fsp3) is 1.00. The predicted octanol–water partition coefficient (Wildman–Crippen LogP) is 1.35. The van der Waals surface area contributed by atoms with Crippen LogP contribution >= 0.6 is 0 Å². The standard InChI is InChI=1S/C6H9F2N3O2/c7-6(8)3-13-5-2-12-1-4(5)10-11-9/h4-6H,1-3H2/t4-,5+/m1/s1. The van der Waals surface area contributed by atoms with Gasteiger partial charge in [0, 0.05) is 4.91 Å². The molecule has 1 heterocycles. The minimum Gasteiger partial charge on any atom is -0.378 e. The van der Waals surface area contributed by atoms with Gasteiger partial charge in [-0.05, 0) is 5.53 Å². The Labute approximate surface area is 73.3 Å². The van der Waals surface area contributed by atoms with Crippen molar-refractivity contribution >= 4 is 0 Å². The zero-order chi connectivity index (χ0) is 9.68. The van der Waals surface area contributed by atoms with Crippen LogP contribution < -0.4 is 0 Å². The van der Waals surface area contributed by atoms with Crippen molar-refractivity contribution in [3.63, 3.8) is 0 Å². The average molecular weight is 193 g/mol. The summed E-state index contributed by atoms with van der Waals surface area (Å²) >= 11 is 0. The highest BCUT2D eigenvalue weighted by atomic mass is 19.3. The number of alkyl halides is 2. The van der Waals surface area contributed by atoms with Gasteiger partial charge in [0.15, 0.2) is 0 Å². The first kappa shape index (κ1) is 10.2. The van der Waals surface area contributed by atoms with Gasteiger partial charge in [0.1, 0.15) is 6.61 Å². The van der Waals surface area contributed by atoms with Gasteiger partial charge in [0.05, 0.1) is 25.4 Å². The van der Waals surface area contributed by atoms with Crippen molar-refractivity contribution < 1.29 is 18.3 Å². The SMILES string of the molecule is [N-]=[N+]=N[C@@H]1COC[C@@H]1OCC(F)F. The monoisotopic (exact) mass is 193 g/mol. The smallest absolute Gasteiger partial charge is 0.261 e. The van der Waals surface area contributed by atoms with Gasteiger partial charge in [-0.3, -0.25) is 0 Å². The molecule has 7 heteroatoms. The van der Waals surface area contributed by atoms with E-state index in [-0.39, 0.29) is 13.2 Å². The second kappa shape index (κ2) is 4.96. The Hall–Kier alpha value is -0.910. The molecular weight excluding hydrogens is 184 g/mol. The molecule has 0 radical (unpaired) electrons. The summed E-state index contributed by atoms with van der Waals surface area (Å²) in [5, 5.41) is 3.37. The summed E-state index contributed by atoms with van der Waals surface area (Å²) in [7, 11) is 0. The van der Waals surface area contributed by atoms with Gasteiger partial charge in [-0.25, -0.2) is 8.78 Å². The summed E-state index contributed by atoms with van der Waals surface area (Å²) in [5.41, 5.74) is 8.12. The summed E-state index contributed by atoms with van der Waals surface area (Å²) in [4.78, 5) is 2.57. The summed E-state index contributed by atoms with van der Waals surface area (Å²) < 4.78 is 33.2.